The fourth-order valence-corrected chi connectivity index (χ4v) is 4.06. The maximum Gasteiger partial charge on any atom is 0.240 e. The molecule has 6 nitrogen and oxygen atoms in total. The van der Waals surface area contributed by atoms with E-state index in [1.807, 2.05) is 43.3 Å². The number of nitrogens with zero attached hydrogens (tertiary/aromatic N) is 2. The Balaban J connectivity index is 1.86. The van der Waals surface area contributed by atoms with Gasteiger partial charge in [-0.25, -0.2) is 13.4 Å². The molecule has 0 aliphatic carbocycles. The van der Waals surface area contributed by atoms with E-state index in [2.05, 4.69) is 10.3 Å². The number of aromatic nitrogens is 2. The van der Waals surface area contributed by atoms with Crippen LogP contribution < -0.4 is 5.32 Å². The Morgan fingerprint density at radius 3 is 2.64 bits per heavy atom. The van der Waals surface area contributed by atoms with Gasteiger partial charge in [-0.15, -0.1) is 0 Å². The number of carbonyl (C=O) groups excluding carboxylic acids is 1. The summed E-state index contributed by atoms with van der Waals surface area (Å²) in [5.41, 5.74) is 2.32. The first-order valence-electron chi connectivity index (χ1n) is 8.93. The van der Waals surface area contributed by atoms with E-state index in [4.69, 9.17) is 11.6 Å². The molecule has 8 heteroatoms. The lowest BCUT2D eigenvalue weighted by atomic mass is 10.0. The zero-order valence-corrected chi connectivity index (χ0v) is 17.3. The molecule has 0 aliphatic rings. The molecular weight excluding hydrogens is 398 g/mol. The molecule has 1 aromatic heterocycles. The van der Waals surface area contributed by atoms with Crippen molar-refractivity contribution in [2.75, 3.05) is 6.26 Å². The number of nitrogens with one attached hydrogen (secondary N) is 1. The Labute approximate surface area is 169 Å². The molecule has 148 valence electrons. The number of sulfone groups is 1. The highest BCUT2D eigenvalue weighted by Gasteiger charge is 2.19. The van der Waals surface area contributed by atoms with Crippen LogP contribution in [0.25, 0.3) is 11.0 Å². The Morgan fingerprint density at radius 2 is 1.96 bits per heavy atom. The van der Waals surface area contributed by atoms with E-state index >= 15 is 0 Å². The van der Waals surface area contributed by atoms with Gasteiger partial charge in [-0.3, -0.25) is 4.79 Å². The van der Waals surface area contributed by atoms with Gasteiger partial charge >= 0.3 is 0 Å². The van der Waals surface area contributed by atoms with Crippen LogP contribution in [0, 0.1) is 0 Å². The number of halogens is 1. The number of hydrogen-bond donors (Lipinski definition) is 1. The first-order valence-corrected chi connectivity index (χ1v) is 11.4. The van der Waals surface area contributed by atoms with E-state index in [0.29, 0.717) is 22.8 Å². The Kier molecular flexibility index (Phi) is 6.05. The van der Waals surface area contributed by atoms with Crippen LogP contribution in [-0.4, -0.2) is 30.1 Å². The fourth-order valence-electron chi connectivity index (χ4n) is 3.17. The van der Waals surface area contributed by atoms with Gasteiger partial charge in [-0.1, -0.05) is 42.8 Å². The fraction of sp³-hybridized carbons (Fsp3) is 0.300. The molecule has 0 radical (unpaired) electrons. The minimum absolute atomic E-state index is 0.0115. The Hall–Kier alpha value is -2.38. The van der Waals surface area contributed by atoms with Crippen LogP contribution in [0.4, 0.5) is 0 Å². The van der Waals surface area contributed by atoms with Gasteiger partial charge in [0, 0.05) is 11.3 Å². The molecule has 0 fully saturated rings. The standard InChI is InChI=1S/C20H22ClN3O3S/c1-3-16(14-7-6-8-15(21)11-14)23-20(25)12-24-18-10-5-4-9-17(18)22-19(24)13-28(2,26)27/h4-11,16H,3,12-13H2,1-2H3,(H,23,25). The lowest BCUT2D eigenvalue weighted by Gasteiger charge is -2.18. The number of hydrogen-bond acceptors (Lipinski definition) is 4. The smallest absolute Gasteiger partial charge is 0.240 e. The van der Waals surface area contributed by atoms with E-state index in [1.54, 1.807) is 16.7 Å². The second kappa shape index (κ2) is 8.32. The van der Waals surface area contributed by atoms with Crippen LogP contribution in [-0.2, 0) is 26.9 Å². The van der Waals surface area contributed by atoms with Crippen molar-refractivity contribution >= 4 is 38.4 Å². The largest absolute Gasteiger partial charge is 0.348 e. The van der Waals surface area contributed by atoms with Gasteiger partial charge in [0.15, 0.2) is 9.84 Å². The van der Waals surface area contributed by atoms with Gasteiger partial charge in [0.2, 0.25) is 5.91 Å². The zero-order valence-electron chi connectivity index (χ0n) is 15.7. The third kappa shape index (κ3) is 4.91. The number of fused-ring (bicyclic) bond motifs is 1. The summed E-state index contributed by atoms with van der Waals surface area (Å²) < 4.78 is 25.2. The number of carbonyl (C=O) groups is 1. The second-order valence-electron chi connectivity index (χ2n) is 6.76. The van der Waals surface area contributed by atoms with E-state index in [-0.39, 0.29) is 24.2 Å². The zero-order chi connectivity index (χ0) is 20.3. The van der Waals surface area contributed by atoms with Crippen LogP contribution >= 0.6 is 11.6 Å². The van der Waals surface area contributed by atoms with Gasteiger partial charge in [-0.2, -0.15) is 0 Å². The molecule has 0 saturated carbocycles. The summed E-state index contributed by atoms with van der Waals surface area (Å²) in [6, 6.07) is 14.5. The minimum atomic E-state index is -3.29. The molecule has 0 saturated heterocycles. The van der Waals surface area contributed by atoms with Crippen LogP contribution in [0.2, 0.25) is 5.02 Å². The van der Waals surface area contributed by atoms with Crippen molar-refractivity contribution in [2.45, 2.75) is 31.7 Å². The van der Waals surface area contributed by atoms with E-state index < -0.39 is 9.84 Å². The number of amides is 1. The molecule has 1 atom stereocenters. The maximum atomic E-state index is 12.8. The van der Waals surface area contributed by atoms with Gasteiger partial charge in [0.25, 0.3) is 0 Å². The molecule has 1 N–H and O–H groups in total. The van der Waals surface area contributed by atoms with Crippen LogP contribution in [0.15, 0.2) is 48.5 Å². The summed E-state index contributed by atoms with van der Waals surface area (Å²) in [5, 5.41) is 3.62. The molecule has 2 aromatic carbocycles. The summed E-state index contributed by atoms with van der Waals surface area (Å²) in [6.07, 6.45) is 1.86. The quantitative estimate of drug-likeness (QED) is 0.635. The molecule has 0 bridgehead atoms. The Morgan fingerprint density at radius 1 is 1.21 bits per heavy atom. The van der Waals surface area contributed by atoms with Crippen LogP contribution in [0.3, 0.4) is 0 Å². The first kappa shape index (κ1) is 20.4. The van der Waals surface area contributed by atoms with Crippen molar-refractivity contribution in [2.24, 2.45) is 0 Å². The average molecular weight is 420 g/mol. The average Bonchev–Trinajstić information content (AvgIpc) is 2.95. The van der Waals surface area contributed by atoms with Gasteiger partial charge in [-0.05, 0) is 36.2 Å². The van der Waals surface area contributed by atoms with Crippen molar-refractivity contribution in [3.05, 3.63) is 64.9 Å². The number of imidazole rings is 1. The highest BCUT2D eigenvalue weighted by Crippen LogP contribution is 2.21. The highest BCUT2D eigenvalue weighted by molar-refractivity contribution is 7.89. The molecule has 0 aliphatic heterocycles. The van der Waals surface area contributed by atoms with Crippen molar-refractivity contribution in [3.63, 3.8) is 0 Å². The summed E-state index contributed by atoms with van der Waals surface area (Å²) >= 11 is 6.06. The molecule has 3 rings (SSSR count). The van der Waals surface area contributed by atoms with Gasteiger partial charge in [0.05, 0.1) is 17.1 Å². The molecule has 28 heavy (non-hydrogen) atoms. The summed E-state index contributed by atoms with van der Waals surface area (Å²) in [6.45, 7) is 1.97. The van der Waals surface area contributed by atoms with E-state index in [0.717, 1.165) is 17.3 Å². The van der Waals surface area contributed by atoms with Crippen LogP contribution in [0.5, 0.6) is 0 Å². The van der Waals surface area contributed by atoms with E-state index in [9.17, 15) is 13.2 Å². The summed E-state index contributed by atoms with van der Waals surface area (Å²) in [7, 11) is -3.29. The van der Waals surface area contributed by atoms with Crippen molar-refractivity contribution in [3.8, 4) is 0 Å². The maximum absolute atomic E-state index is 12.8. The molecular formula is C20H22ClN3O3S. The van der Waals surface area contributed by atoms with Crippen LogP contribution in [0.1, 0.15) is 30.8 Å². The predicted octanol–water partition coefficient (Wildman–Crippen LogP) is 3.50. The number of benzene rings is 2. The Bertz CT molecular complexity index is 1110. The minimum Gasteiger partial charge on any atom is -0.348 e. The van der Waals surface area contributed by atoms with Gasteiger partial charge < -0.3 is 9.88 Å². The highest BCUT2D eigenvalue weighted by atomic mass is 35.5. The van der Waals surface area contributed by atoms with Gasteiger partial charge in [0.1, 0.15) is 18.1 Å². The number of rotatable bonds is 7. The molecule has 1 unspecified atom stereocenters. The molecule has 0 spiro atoms. The lowest BCUT2D eigenvalue weighted by Crippen LogP contribution is -2.32. The summed E-state index contributed by atoms with van der Waals surface area (Å²) in [4.78, 5) is 17.2. The SMILES string of the molecule is CCC(NC(=O)Cn1c(CS(C)(=O)=O)nc2ccccc21)c1cccc(Cl)c1. The van der Waals surface area contributed by atoms with E-state index in [1.165, 1.54) is 0 Å². The van der Waals surface area contributed by atoms with Crippen molar-refractivity contribution in [1.82, 2.24) is 14.9 Å². The normalized spacial score (nSPS) is 12.8. The number of para-hydroxylation sites is 2. The topological polar surface area (TPSA) is 81.1 Å². The predicted molar refractivity (Wildman–Crippen MR) is 111 cm³/mol. The second-order valence-corrected chi connectivity index (χ2v) is 9.33. The monoisotopic (exact) mass is 419 g/mol. The summed E-state index contributed by atoms with van der Waals surface area (Å²) in [5.74, 6) is -0.0834. The third-order valence-corrected chi connectivity index (χ3v) is 5.44. The lowest BCUT2D eigenvalue weighted by molar-refractivity contribution is -0.122. The first-order chi connectivity index (χ1) is 13.3. The molecule has 1 amide bonds. The van der Waals surface area contributed by atoms with Crippen molar-refractivity contribution in [1.29, 1.82) is 0 Å². The third-order valence-electron chi connectivity index (χ3n) is 4.42. The molecule has 1 heterocycles. The molecule has 3 aromatic rings. The van der Waals surface area contributed by atoms with Crippen molar-refractivity contribution < 1.29 is 13.2 Å².